The van der Waals surface area contributed by atoms with Gasteiger partial charge in [0, 0.05) is 13.6 Å². The minimum Gasteiger partial charge on any atom is -0.377 e. The Morgan fingerprint density at radius 2 is 2.11 bits per heavy atom. The van der Waals surface area contributed by atoms with Gasteiger partial charge < -0.3 is 9.64 Å². The molecule has 1 aromatic carbocycles. The highest BCUT2D eigenvalue weighted by Crippen LogP contribution is 2.12. The van der Waals surface area contributed by atoms with Crippen LogP contribution in [0.2, 0.25) is 0 Å². The Balaban J connectivity index is 2.65. The second kappa shape index (κ2) is 6.50. The van der Waals surface area contributed by atoms with E-state index in [-0.39, 0.29) is 17.6 Å². The van der Waals surface area contributed by atoms with Crippen LogP contribution in [0.3, 0.4) is 0 Å². The monoisotopic (exact) mass is 253 g/mol. The summed E-state index contributed by atoms with van der Waals surface area (Å²) in [6.45, 7) is 6.60. The van der Waals surface area contributed by atoms with Crippen molar-refractivity contribution < 1.29 is 13.9 Å². The molecule has 0 spiro atoms. The summed E-state index contributed by atoms with van der Waals surface area (Å²) >= 11 is 0. The fourth-order valence-electron chi connectivity index (χ4n) is 1.54. The first-order valence-corrected chi connectivity index (χ1v) is 6.05. The number of aryl methyl sites for hydroxylation is 1. The molecule has 1 amide bonds. The molecule has 0 aromatic heterocycles. The number of halogens is 1. The van der Waals surface area contributed by atoms with Crippen molar-refractivity contribution in [2.45, 2.75) is 26.9 Å². The minimum absolute atomic E-state index is 0.113. The van der Waals surface area contributed by atoms with E-state index in [4.69, 9.17) is 4.74 Å². The van der Waals surface area contributed by atoms with Crippen LogP contribution in [0.25, 0.3) is 0 Å². The molecule has 0 unspecified atom stereocenters. The Morgan fingerprint density at radius 3 is 2.72 bits per heavy atom. The SMILES string of the molecule is Cc1ccc(F)c(C(=O)N(C)CCOC(C)C)c1. The fourth-order valence-corrected chi connectivity index (χ4v) is 1.54. The van der Waals surface area contributed by atoms with Crippen molar-refractivity contribution in [1.29, 1.82) is 0 Å². The van der Waals surface area contributed by atoms with Crippen molar-refractivity contribution in [1.82, 2.24) is 4.90 Å². The molecule has 0 radical (unpaired) electrons. The minimum atomic E-state index is -0.484. The van der Waals surface area contributed by atoms with E-state index in [0.717, 1.165) is 5.56 Å². The van der Waals surface area contributed by atoms with Gasteiger partial charge in [0.25, 0.3) is 5.91 Å². The van der Waals surface area contributed by atoms with Gasteiger partial charge >= 0.3 is 0 Å². The molecule has 0 fully saturated rings. The number of ether oxygens (including phenoxy) is 1. The van der Waals surface area contributed by atoms with Gasteiger partial charge in [-0.15, -0.1) is 0 Å². The fraction of sp³-hybridized carbons (Fsp3) is 0.500. The Bertz CT molecular complexity index is 418. The van der Waals surface area contributed by atoms with Crippen LogP contribution in [-0.2, 0) is 4.74 Å². The first-order chi connectivity index (χ1) is 8.41. The van der Waals surface area contributed by atoms with Crippen LogP contribution in [0.1, 0.15) is 29.8 Å². The van der Waals surface area contributed by atoms with Crippen molar-refractivity contribution in [3.05, 3.63) is 35.1 Å². The zero-order valence-corrected chi connectivity index (χ0v) is 11.4. The molecule has 1 aromatic rings. The zero-order valence-electron chi connectivity index (χ0n) is 11.4. The molecule has 0 bridgehead atoms. The average molecular weight is 253 g/mol. The lowest BCUT2D eigenvalue weighted by Crippen LogP contribution is -2.31. The third-order valence-corrected chi connectivity index (χ3v) is 2.58. The number of hydrogen-bond donors (Lipinski definition) is 0. The highest BCUT2D eigenvalue weighted by atomic mass is 19.1. The number of benzene rings is 1. The molecule has 0 atom stereocenters. The summed E-state index contributed by atoms with van der Waals surface area (Å²) in [6, 6.07) is 4.53. The number of hydrogen-bond acceptors (Lipinski definition) is 2. The van der Waals surface area contributed by atoms with E-state index >= 15 is 0 Å². The largest absolute Gasteiger partial charge is 0.377 e. The van der Waals surface area contributed by atoms with Crippen LogP contribution in [-0.4, -0.2) is 37.1 Å². The van der Waals surface area contributed by atoms with E-state index in [9.17, 15) is 9.18 Å². The second-order valence-corrected chi connectivity index (χ2v) is 4.63. The van der Waals surface area contributed by atoms with Gasteiger partial charge in [0.15, 0.2) is 0 Å². The Kier molecular flexibility index (Phi) is 5.28. The Labute approximate surface area is 108 Å². The molecule has 1 rings (SSSR count). The molecule has 0 N–H and O–H groups in total. The molecule has 0 heterocycles. The molecule has 100 valence electrons. The summed E-state index contributed by atoms with van der Waals surface area (Å²) in [4.78, 5) is 13.5. The first kappa shape index (κ1) is 14.6. The molecule has 0 aliphatic rings. The van der Waals surface area contributed by atoms with Gasteiger partial charge in [-0.25, -0.2) is 4.39 Å². The second-order valence-electron chi connectivity index (χ2n) is 4.63. The van der Waals surface area contributed by atoms with Gasteiger partial charge in [0.1, 0.15) is 5.82 Å². The molecule has 3 nitrogen and oxygen atoms in total. The first-order valence-electron chi connectivity index (χ1n) is 6.05. The summed E-state index contributed by atoms with van der Waals surface area (Å²) in [6.07, 6.45) is 0.129. The molecule has 18 heavy (non-hydrogen) atoms. The maximum absolute atomic E-state index is 13.6. The number of likely N-dealkylation sites (N-methyl/N-ethyl adjacent to an activating group) is 1. The standard InChI is InChI=1S/C14H20FNO2/c1-10(2)18-8-7-16(4)14(17)12-9-11(3)5-6-13(12)15/h5-6,9-10H,7-8H2,1-4H3. The van der Waals surface area contributed by atoms with Crippen LogP contribution < -0.4 is 0 Å². The van der Waals surface area contributed by atoms with Gasteiger partial charge in [-0.3, -0.25) is 4.79 Å². The molecule has 0 aliphatic carbocycles. The molecule has 0 aliphatic heterocycles. The van der Waals surface area contributed by atoms with E-state index in [1.165, 1.54) is 11.0 Å². The van der Waals surface area contributed by atoms with Crippen LogP contribution in [0.5, 0.6) is 0 Å². The number of carbonyl (C=O) groups is 1. The summed E-state index contributed by atoms with van der Waals surface area (Å²) in [5, 5.41) is 0. The number of amides is 1. The van der Waals surface area contributed by atoms with Crippen molar-refractivity contribution in [3.8, 4) is 0 Å². The summed E-state index contributed by atoms with van der Waals surface area (Å²) in [5.74, 6) is -0.800. The van der Waals surface area contributed by atoms with E-state index in [0.29, 0.717) is 13.2 Å². The third kappa shape index (κ3) is 4.11. The molecule has 0 saturated heterocycles. The van der Waals surface area contributed by atoms with Crippen LogP contribution >= 0.6 is 0 Å². The number of nitrogens with zero attached hydrogens (tertiary/aromatic N) is 1. The van der Waals surface area contributed by atoms with E-state index in [1.807, 2.05) is 20.8 Å². The lowest BCUT2D eigenvalue weighted by Gasteiger charge is -2.18. The van der Waals surface area contributed by atoms with Crippen molar-refractivity contribution in [2.75, 3.05) is 20.2 Å². The van der Waals surface area contributed by atoms with Crippen LogP contribution in [0, 0.1) is 12.7 Å². The normalized spacial score (nSPS) is 10.8. The lowest BCUT2D eigenvalue weighted by atomic mass is 10.1. The van der Waals surface area contributed by atoms with Crippen LogP contribution in [0.15, 0.2) is 18.2 Å². The summed E-state index contributed by atoms with van der Waals surface area (Å²) in [7, 11) is 1.65. The Hall–Kier alpha value is -1.42. The lowest BCUT2D eigenvalue weighted by molar-refractivity contribution is 0.0529. The zero-order chi connectivity index (χ0) is 13.7. The van der Waals surface area contributed by atoms with Gasteiger partial charge in [-0.2, -0.15) is 0 Å². The number of rotatable bonds is 5. The van der Waals surface area contributed by atoms with Gasteiger partial charge in [0.05, 0.1) is 18.3 Å². The predicted octanol–water partition coefficient (Wildman–Crippen LogP) is 2.63. The molecular formula is C14H20FNO2. The third-order valence-electron chi connectivity index (χ3n) is 2.58. The van der Waals surface area contributed by atoms with Gasteiger partial charge in [-0.1, -0.05) is 11.6 Å². The predicted molar refractivity (Wildman–Crippen MR) is 69.2 cm³/mol. The highest BCUT2D eigenvalue weighted by Gasteiger charge is 2.16. The quantitative estimate of drug-likeness (QED) is 0.807. The topological polar surface area (TPSA) is 29.5 Å². The Morgan fingerprint density at radius 1 is 1.44 bits per heavy atom. The summed E-state index contributed by atoms with van der Waals surface area (Å²) in [5.41, 5.74) is 0.980. The van der Waals surface area contributed by atoms with E-state index < -0.39 is 5.82 Å². The molecule has 0 saturated carbocycles. The van der Waals surface area contributed by atoms with Gasteiger partial charge in [0.2, 0.25) is 0 Å². The average Bonchev–Trinajstić information content (AvgIpc) is 2.30. The van der Waals surface area contributed by atoms with Crippen molar-refractivity contribution in [3.63, 3.8) is 0 Å². The maximum atomic E-state index is 13.6. The maximum Gasteiger partial charge on any atom is 0.256 e. The van der Waals surface area contributed by atoms with Crippen molar-refractivity contribution in [2.24, 2.45) is 0 Å². The molecular weight excluding hydrogens is 233 g/mol. The van der Waals surface area contributed by atoms with E-state index in [2.05, 4.69) is 0 Å². The van der Waals surface area contributed by atoms with Crippen LogP contribution in [0.4, 0.5) is 4.39 Å². The smallest absolute Gasteiger partial charge is 0.256 e. The highest BCUT2D eigenvalue weighted by molar-refractivity contribution is 5.94. The van der Waals surface area contributed by atoms with Gasteiger partial charge in [-0.05, 0) is 32.9 Å². The summed E-state index contributed by atoms with van der Waals surface area (Å²) < 4.78 is 18.9. The number of carbonyl (C=O) groups excluding carboxylic acids is 1. The molecule has 4 heteroatoms. The van der Waals surface area contributed by atoms with Crippen molar-refractivity contribution >= 4 is 5.91 Å². The van der Waals surface area contributed by atoms with E-state index in [1.54, 1.807) is 19.2 Å².